The van der Waals surface area contributed by atoms with Crippen molar-refractivity contribution in [3.63, 3.8) is 0 Å². The van der Waals surface area contributed by atoms with Gasteiger partial charge in [0.2, 0.25) is 0 Å². The molecule has 0 bridgehead atoms. The molecule has 0 unspecified atom stereocenters. The second kappa shape index (κ2) is 12.1. The lowest BCUT2D eigenvalue weighted by molar-refractivity contribution is -0.105. The van der Waals surface area contributed by atoms with Crippen LogP contribution in [0.2, 0.25) is 0 Å². The number of alkyl halides is 1. The molecule has 3 aromatic rings. The minimum Gasteiger partial charge on any atom is -0.497 e. The number of methoxy groups -OCH3 is 2. The van der Waals surface area contributed by atoms with Crippen molar-refractivity contribution in [3.8, 4) is 11.5 Å². The van der Waals surface area contributed by atoms with Crippen LogP contribution in [-0.4, -0.2) is 74.0 Å². The number of rotatable bonds is 9. The molecule has 0 aromatic heterocycles. The van der Waals surface area contributed by atoms with Gasteiger partial charge in [0.05, 0.1) is 33.6 Å². The van der Waals surface area contributed by atoms with Crippen LogP contribution in [0.4, 0.5) is 4.39 Å². The number of halogens is 1. The lowest BCUT2D eigenvalue weighted by Gasteiger charge is -2.37. The Balaban J connectivity index is 1.22. The van der Waals surface area contributed by atoms with Crippen molar-refractivity contribution in [1.29, 1.82) is 0 Å². The van der Waals surface area contributed by atoms with Gasteiger partial charge in [-0.3, -0.25) is 0 Å². The van der Waals surface area contributed by atoms with Gasteiger partial charge in [0.1, 0.15) is 35.0 Å². The van der Waals surface area contributed by atoms with Crippen molar-refractivity contribution < 1.29 is 28.4 Å². The summed E-state index contributed by atoms with van der Waals surface area (Å²) in [5.41, 5.74) is 8.44. The summed E-state index contributed by atoms with van der Waals surface area (Å²) in [5.74, 6) is 1.40. The Bertz CT molecular complexity index is 1610. The van der Waals surface area contributed by atoms with E-state index in [9.17, 15) is 5.11 Å². The van der Waals surface area contributed by atoms with Gasteiger partial charge < -0.3 is 29.5 Å². The van der Waals surface area contributed by atoms with Gasteiger partial charge in [-0.2, -0.15) is 10.2 Å². The van der Waals surface area contributed by atoms with Gasteiger partial charge in [0, 0.05) is 11.8 Å². The summed E-state index contributed by atoms with van der Waals surface area (Å²) in [6.45, 7) is 0.560. The molecule has 0 radical (unpaired) electrons. The van der Waals surface area contributed by atoms with Gasteiger partial charge >= 0.3 is 0 Å². The highest BCUT2D eigenvalue weighted by atomic mass is 19.1. The summed E-state index contributed by atoms with van der Waals surface area (Å²) >= 11 is 0. The molecule has 0 amide bonds. The van der Waals surface area contributed by atoms with E-state index >= 15 is 4.39 Å². The van der Waals surface area contributed by atoms with Crippen molar-refractivity contribution in [1.82, 2.24) is 10.4 Å². The summed E-state index contributed by atoms with van der Waals surface area (Å²) in [6, 6.07) is 25.1. The molecule has 0 saturated carbocycles. The molecule has 4 atom stereocenters. The molecule has 0 spiro atoms. The second-order valence-electron chi connectivity index (χ2n) is 11.4. The minimum absolute atomic E-state index is 0.104. The fourth-order valence-corrected chi connectivity index (χ4v) is 6.58. The third kappa shape index (κ3) is 5.18. The molecule has 3 aromatic carbocycles. The Morgan fingerprint density at radius 3 is 2.22 bits per heavy atom. The minimum atomic E-state index is -1.72. The van der Waals surface area contributed by atoms with Crippen LogP contribution < -0.4 is 14.9 Å². The lowest BCUT2D eigenvalue weighted by atomic mass is 9.80. The molecule has 4 aliphatic rings. The van der Waals surface area contributed by atoms with Gasteiger partial charge in [-0.25, -0.2) is 9.40 Å². The zero-order valence-corrected chi connectivity index (χ0v) is 25.1. The third-order valence-corrected chi connectivity index (χ3v) is 8.90. The van der Waals surface area contributed by atoms with Crippen LogP contribution in [-0.2, 0) is 15.1 Å². The number of benzene rings is 3. The largest absolute Gasteiger partial charge is 0.497 e. The molecule has 10 heteroatoms. The molecule has 1 saturated heterocycles. The highest BCUT2D eigenvalue weighted by molar-refractivity contribution is 6.40. The topological polar surface area (TPSA) is 97.1 Å². The first-order chi connectivity index (χ1) is 22.0. The fraction of sp³-hybridized carbons (Fsp3) is 0.314. The first kappa shape index (κ1) is 29.2. The van der Waals surface area contributed by atoms with E-state index in [4.69, 9.17) is 18.9 Å². The number of ether oxygens (including phenoxy) is 4. The van der Waals surface area contributed by atoms with E-state index in [0.29, 0.717) is 23.8 Å². The van der Waals surface area contributed by atoms with Crippen LogP contribution in [0.25, 0.3) is 0 Å². The van der Waals surface area contributed by atoms with Gasteiger partial charge in [-0.1, -0.05) is 54.6 Å². The number of aliphatic hydroxyl groups is 1. The van der Waals surface area contributed by atoms with Crippen LogP contribution in [0.15, 0.2) is 112 Å². The number of aliphatic hydroxyl groups excluding tert-OH is 1. The average molecular weight is 611 g/mol. The Kier molecular flexibility index (Phi) is 7.87. The summed E-state index contributed by atoms with van der Waals surface area (Å²) in [5, 5.41) is 21.5. The van der Waals surface area contributed by atoms with Crippen LogP contribution in [0.5, 0.6) is 11.5 Å². The monoisotopic (exact) mass is 610 g/mol. The fourth-order valence-electron chi connectivity index (χ4n) is 6.58. The summed E-state index contributed by atoms with van der Waals surface area (Å²) in [6.07, 6.45) is -0.0362. The maximum absolute atomic E-state index is 15.9. The first-order valence-electron chi connectivity index (χ1n) is 15.0. The van der Waals surface area contributed by atoms with E-state index in [1.165, 1.54) is 10.6 Å². The zero-order chi connectivity index (χ0) is 31.0. The van der Waals surface area contributed by atoms with Gasteiger partial charge in [0.25, 0.3) is 0 Å². The Labute approximate surface area is 261 Å². The van der Waals surface area contributed by atoms with Crippen molar-refractivity contribution in [3.05, 3.63) is 118 Å². The molecule has 2 N–H and O–H groups in total. The smallest absolute Gasteiger partial charge is 0.184 e. The van der Waals surface area contributed by atoms with Crippen molar-refractivity contribution in [2.45, 2.75) is 43.1 Å². The molecular formula is C35H35FN4O5. The SMILES string of the molecule is COc1ccc(C(OC[C@H]2O[C@@H](N3C=C4CCC5=C4C(=N3)C=NNC5)[C@H](F)[C@@H]2O)(c2ccccc2)c2ccc(OC)cc2)cc1. The lowest BCUT2D eigenvalue weighted by Crippen LogP contribution is -2.39. The second-order valence-corrected chi connectivity index (χ2v) is 11.4. The number of hydrazone groups is 2. The third-order valence-electron chi connectivity index (χ3n) is 8.90. The molecule has 3 aliphatic heterocycles. The van der Waals surface area contributed by atoms with Gasteiger partial charge in [-0.05, 0) is 64.9 Å². The maximum Gasteiger partial charge on any atom is 0.184 e. The number of nitrogens with zero attached hydrogens (tertiary/aromatic N) is 3. The molecular weight excluding hydrogens is 575 g/mol. The number of hydrogen-bond acceptors (Lipinski definition) is 9. The average Bonchev–Trinajstić information content (AvgIpc) is 3.55. The van der Waals surface area contributed by atoms with Crippen LogP contribution in [0, 0.1) is 0 Å². The van der Waals surface area contributed by atoms with E-state index in [1.807, 2.05) is 85.1 Å². The number of hydrogen-bond donors (Lipinski definition) is 2. The highest BCUT2D eigenvalue weighted by Crippen LogP contribution is 2.43. The predicted octanol–water partition coefficient (Wildman–Crippen LogP) is 4.67. The molecule has 9 nitrogen and oxygen atoms in total. The Morgan fingerprint density at radius 1 is 0.933 bits per heavy atom. The maximum atomic E-state index is 15.9. The van der Waals surface area contributed by atoms with E-state index in [1.54, 1.807) is 20.4 Å². The predicted molar refractivity (Wildman–Crippen MR) is 168 cm³/mol. The van der Waals surface area contributed by atoms with E-state index < -0.39 is 30.2 Å². The Morgan fingerprint density at radius 2 is 1.58 bits per heavy atom. The van der Waals surface area contributed by atoms with Crippen LogP contribution >= 0.6 is 0 Å². The van der Waals surface area contributed by atoms with Crippen molar-refractivity contribution >= 4 is 11.9 Å². The van der Waals surface area contributed by atoms with Gasteiger partial charge in [0.15, 0.2) is 12.4 Å². The highest BCUT2D eigenvalue weighted by Gasteiger charge is 2.49. The number of nitrogens with one attached hydrogen (secondary N) is 1. The molecule has 7 rings (SSSR count). The summed E-state index contributed by atoms with van der Waals surface area (Å²) in [4.78, 5) is 0. The summed E-state index contributed by atoms with van der Waals surface area (Å²) < 4.78 is 39.8. The van der Waals surface area contributed by atoms with Gasteiger partial charge in [-0.15, -0.1) is 0 Å². The first-order valence-corrected chi connectivity index (χ1v) is 15.0. The number of allylic oxidation sites excluding steroid dienone is 2. The molecule has 232 valence electrons. The van der Waals surface area contributed by atoms with Crippen LogP contribution in [0.3, 0.4) is 0 Å². The van der Waals surface area contributed by atoms with Crippen LogP contribution in [0.1, 0.15) is 29.5 Å². The standard InChI is InChI=1S/C35H35FN4O5/c1-42-27-14-10-25(11-15-27)35(24-6-4-3-5-7-24,26-12-16-28(43-2)17-13-26)44-21-30-33(41)32(36)34(45-30)40-20-23-9-8-22-18-37-38-19-29(39-40)31(22)23/h3-7,10-17,19-20,30,32-34,37,41H,8-9,18,21H2,1-2H3/t30-,32-,33-,34-/m1/s1. The van der Waals surface area contributed by atoms with Crippen molar-refractivity contribution in [2.24, 2.45) is 10.2 Å². The Hall–Kier alpha value is -4.51. The quantitative estimate of drug-likeness (QED) is 0.340. The van der Waals surface area contributed by atoms with E-state index in [-0.39, 0.29) is 6.61 Å². The van der Waals surface area contributed by atoms with E-state index in [2.05, 4.69) is 15.6 Å². The molecule has 45 heavy (non-hydrogen) atoms. The molecule has 1 aliphatic carbocycles. The summed E-state index contributed by atoms with van der Waals surface area (Å²) in [7, 11) is 3.24. The normalized spacial score (nSPS) is 24.0. The van der Waals surface area contributed by atoms with Crippen molar-refractivity contribution in [2.75, 3.05) is 27.4 Å². The van der Waals surface area contributed by atoms with E-state index in [0.717, 1.165) is 40.7 Å². The molecule has 1 fully saturated rings. The zero-order valence-electron chi connectivity index (χ0n) is 25.1. The molecule has 3 heterocycles.